The molecule has 1 unspecified atom stereocenters. The first-order valence-electron chi connectivity index (χ1n) is 12.7. The second-order valence-electron chi connectivity index (χ2n) is 9.99. The third-order valence-electron chi connectivity index (χ3n) is 7.32. The Morgan fingerprint density at radius 1 is 1.13 bits per heavy atom. The fourth-order valence-corrected chi connectivity index (χ4v) is 5.58. The van der Waals surface area contributed by atoms with E-state index in [0.717, 1.165) is 38.8 Å². The van der Waals surface area contributed by atoms with E-state index in [9.17, 15) is 14.9 Å². The number of nitrogens with zero attached hydrogens (tertiary/aromatic N) is 4. The van der Waals surface area contributed by atoms with Crippen molar-refractivity contribution in [3.05, 3.63) is 105 Å². The normalized spacial score (nSPS) is 15.0. The SMILES string of the molecule is CN(Cc1ccc(/C=C/C(=O)N2CC(CCl)c3c2cc(N)c2ccccc32)cc1)Cc1ccc([N+](=O)[O-])n1C. The van der Waals surface area contributed by atoms with Gasteiger partial charge in [-0.15, -0.1) is 11.6 Å². The molecule has 1 aliphatic heterocycles. The molecule has 2 heterocycles. The minimum absolute atomic E-state index is 0.0440. The molecule has 0 aliphatic carbocycles. The van der Waals surface area contributed by atoms with Crippen molar-refractivity contribution in [1.29, 1.82) is 0 Å². The monoisotopic (exact) mass is 543 g/mol. The van der Waals surface area contributed by atoms with Crippen LogP contribution in [0.3, 0.4) is 0 Å². The zero-order valence-corrected chi connectivity index (χ0v) is 22.6. The summed E-state index contributed by atoms with van der Waals surface area (Å²) < 4.78 is 1.60. The standard InChI is InChI=1S/C30H30ClN5O3/c1-33(19-23-12-13-28(34(23)2)36(38)39)17-21-9-7-20(8-10-21)11-14-29(37)35-18-22(16-31)30-25-6-4-3-5-24(25)26(32)15-27(30)35/h3-15,22H,16-19,32H2,1-2H3/b14-11+. The smallest absolute Gasteiger partial charge is 0.323 e. The van der Waals surface area contributed by atoms with E-state index >= 15 is 0 Å². The maximum atomic E-state index is 13.3. The van der Waals surface area contributed by atoms with Crippen molar-refractivity contribution < 1.29 is 9.72 Å². The van der Waals surface area contributed by atoms with E-state index in [2.05, 4.69) is 4.90 Å². The number of hydrogen-bond acceptors (Lipinski definition) is 5. The van der Waals surface area contributed by atoms with Gasteiger partial charge in [-0.05, 0) is 52.3 Å². The number of nitrogen functional groups attached to an aromatic ring is 1. The molecule has 4 aromatic rings. The lowest BCUT2D eigenvalue weighted by molar-refractivity contribution is -0.391. The highest BCUT2D eigenvalue weighted by atomic mass is 35.5. The van der Waals surface area contributed by atoms with Crippen molar-refractivity contribution in [3.8, 4) is 0 Å². The number of benzene rings is 3. The highest BCUT2D eigenvalue weighted by Gasteiger charge is 2.33. The maximum Gasteiger partial charge on any atom is 0.323 e. The first kappa shape index (κ1) is 26.5. The average molecular weight is 544 g/mol. The minimum atomic E-state index is -0.378. The van der Waals surface area contributed by atoms with Gasteiger partial charge in [-0.3, -0.25) is 9.69 Å². The number of amides is 1. The Labute approximate surface area is 232 Å². The lowest BCUT2D eigenvalue weighted by Gasteiger charge is -2.17. The van der Waals surface area contributed by atoms with E-state index in [1.807, 2.05) is 67.7 Å². The fourth-order valence-electron chi connectivity index (χ4n) is 5.33. The number of anilines is 2. The first-order valence-corrected chi connectivity index (χ1v) is 13.2. The van der Waals surface area contributed by atoms with Gasteiger partial charge in [-0.2, -0.15) is 0 Å². The molecule has 8 nitrogen and oxygen atoms in total. The zero-order chi connectivity index (χ0) is 27.7. The van der Waals surface area contributed by atoms with Crippen LogP contribution in [0.15, 0.2) is 72.8 Å². The number of fused-ring (bicyclic) bond motifs is 3. The van der Waals surface area contributed by atoms with Crippen LogP contribution < -0.4 is 10.6 Å². The number of carbonyl (C=O) groups is 1. The van der Waals surface area contributed by atoms with Crippen molar-refractivity contribution in [2.24, 2.45) is 7.05 Å². The van der Waals surface area contributed by atoms with E-state index in [4.69, 9.17) is 17.3 Å². The summed E-state index contributed by atoms with van der Waals surface area (Å²) >= 11 is 6.32. The Morgan fingerprint density at radius 3 is 2.51 bits per heavy atom. The summed E-state index contributed by atoms with van der Waals surface area (Å²) in [6, 6.07) is 21.2. The summed E-state index contributed by atoms with van der Waals surface area (Å²) in [4.78, 5) is 27.8. The van der Waals surface area contributed by atoms with Crippen molar-refractivity contribution in [3.63, 3.8) is 0 Å². The Morgan fingerprint density at radius 2 is 1.85 bits per heavy atom. The van der Waals surface area contributed by atoms with E-state index < -0.39 is 0 Å². The Bertz CT molecular complexity index is 1580. The molecule has 200 valence electrons. The van der Waals surface area contributed by atoms with E-state index in [1.54, 1.807) is 28.7 Å². The van der Waals surface area contributed by atoms with Crippen LogP contribution in [0, 0.1) is 10.1 Å². The summed E-state index contributed by atoms with van der Waals surface area (Å²) in [6.07, 6.45) is 3.41. The summed E-state index contributed by atoms with van der Waals surface area (Å²) in [5.74, 6) is 0.434. The van der Waals surface area contributed by atoms with E-state index in [0.29, 0.717) is 31.2 Å². The van der Waals surface area contributed by atoms with Gasteiger partial charge in [-0.25, -0.2) is 4.57 Å². The number of nitrogens with two attached hydrogens (primary N) is 1. The molecule has 2 N–H and O–H groups in total. The van der Waals surface area contributed by atoms with E-state index in [1.165, 1.54) is 6.07 Å². The molecule has 0 saturated heterocycles. The van der Waals surface area contributed by atoms with Crippen LogP contribution in [0.25, 0.3) is 16.8 Å². The topological polar surface area (TPSA) is 97.6 Å². The number of alkyl halides is 1. The van der Waals surface area contributed by atoms with Crippen LogP contribution in [-0.2, 0) is 24.9 Å². The number of rotatable bonds is 8. The van der Waals surface area contributed by atoms with Crippen LogP contribution in [0.2, 0.25) is 0 Å². The Balaban J connectivity index is 1.26. The third kappa shape index (κ3) is 5.26. The zero-order valence-electron chi connectivity index (χ0n) is 21.9. The molecule has 0 bridgehead atoms. The molecule has 9 heteroatoms. The van der Waals surface area contributed by atoms with Gasteiger partial charge in [0, 0.05) is 48.1 Å². The van der Waals surface area contributed by atoms with Gasteiger partial charge in [-0.1, -0.05) is 48.5 Å². The van der Waals surface area contributed by atoms with Crippen LogP contribution in [-0.4, -0.2) is 39.8 Å². The highest BCUT2D eigenvalue weighted by Crippen LogP contribution is 2.44. The number of hydrogen-bond donors (Lipinski definition) is 1. The molecule has 0 fully saturated rings. The predicted molar refractivity (Wildman–Crippen MR) is 157 cm³/mol. The van der Waals surface area contributed by atoms with Crippen LogP contribution in [0.1, 0.15) is 28.3 Å². The highest BCUT2D eigenvalue weighted by molar-refractivity contribution is 6.19. The first-order chi connectivity index (χ1) is 18.8. The molecule has 39 heavy (non-hydrogen) atoms. The Hall–Kier alpha value is -4.14. The van der Waals surface area contributed by atoms with Gasteiger partial charge in [0.05, 0.1) is 19.3 Å². The van der Waals surface area contributed by atoms with Crippen molar-refractivity contribution in [1.82, 2.24) is 9.47 Å². The van der Waals surface area contributed by atoms with Crippen LogP contribution >= 0.6 is 11.6 Å². The molecule has 1 amide bonds. The molecule has 3 aromatic carbocycles. The van der Waals surface area contributed by atoms with Crippen molar-refractivity contribution in [2.45, 2.75) is 19.0 Å². The second kappa shape index (κ2) is 10.9. The molecule has 1 atom stereocenters. The second-order valence-corrected chi connectivity index (χ2v) is 10.3. The molecule has 5 rings (SSSR count). The average Bonchev–Trinajstić information content (AvgIpc) is 3.48. The van der Waals surface area contributed by atoms with Crippen LogP contribution in [0.5, 0.6) is 0 Å². The number of aromatic nitrogens is 1. The molecular formula is C30H30ClN5O3. The number of carbonyl (C=O) groups excluding carboxylic acids is 1. The Kier molecular flexibility index (Phi) is 7.41. The van der Waals surface area contributed by atoms with Gasteiger partial charge in [0.2, 0.25) is 0 Å². The predicted octanol–water partition coefficient (Wildman–Crippen LogP) is 5.68. The van der Waals surface area contributed by atoms with Crippen molar-refractivity contribution in [2.75, 3.05) is 30.1 Å². The lowest BCUT2D eigenvalue weighted by Crippen LogP contribution is -2.28. The molecule has 0 saturated carbocycles. The minimum Gasteiger partial charge on any atom is -0.398 e. The molecule has 1 aliphatic rings. The van der Waals surface area contributed by atoms with Gasteiger partial charge in [0.25, 0.3) is 5.91 Å². The van der Waals surface area contributed by atoms with Gasteiger partial charge >= 0.3 is 5.82 Å². The lowest BCUT2D eigenvalue weighted by atomic mass is 9.95. The number of halogens is 1. The molecular weight excluding hydrogens is 514 g/mol. The molecule has 0 spiro atoms. The molecule has 0 radical (unpaired) electrons. The van der Waals surface area contributed by atoms with Gasteiger partial charge < -0.3 is 20.7 Å². The maximum absolute atomic E-state index is 13.3. The van der Waals surface area contributed by atoms with Crippen molar-refractivity contribution >= 4 is 51.5 Å². The van der Waals surface area contributed by atoms with Crippen LogP contribution in [0.4, 0.5) is 17.2 Å². The largest absolute Gasteiger partial charge is 0.398 e. The fraction of sp³-hybridized carbons (Fsp3) is 0.233. The van der Waals surface area contributed by atoms with Gasteiger partial charge in [0.1, 0.15) is 5.69 Å². The molecule has 1 aromatic heterocycles. The van der Waals surface area contributed by atoms with Gasteiger partial charge in [0.15, 0.2) is 0 Å². The summed E-state index contributed by atoms with van der Waals surface area (Å²) in [5, 5.41) is 13.1. The quantitative estimate of drug-likeness (QED) is 0.101. The summed E-state index contributed by atoms with van der Waals surface area (Å²) in [5.41, 5.74) is 11.8. The third-order valence-corrected chi connectivity index (χ3v) is 7.69. The van der Waals surface area contributed by atoms with E-state index in [-0.39, 0.29) is 22.6 Å². The number of nitro groups is 1. The summed E-state index contributed by atoms with van der Waals surface area (Å²) in [6.45, 7) is 1.79. The summed E-state index contributed by atoms with van der Waals surface area (Å²) in [7, 11) is 3.68.